The van der Waals surface area contributed by atoms with Crippen molar-refractivity contribution >= 4 is 22.7 Å². The number of halogens is 4. The van der Waals surface area contributed by atoms with Crippen LogP contribution >= 0.6 is 0 Å². The Kier molecular flexibility index (Phi) is 8.91. The van der Waals surface area contributed by atoms with Crippen LogP contribution in [0, 0.1) is 6.92 Å². The normalized spacial score (nSPS) is 20.3. The Morgan fingerprint density at radius 1 is 1.19 bits per heavy atom. The van der Waals surface area contributed by atoms with Gasteiger partial charge < -0.3 is 19.6 Å². The minimum atomic E-state index is -4.52. The molecule has 5 rings (SSSR count). The van der Waals surface area contributed by atoms with Crippen molar-refractivity contribution in [2.75, 3.05) is 18.4 Å². The molecule has 1 saturated carbocycles. The molecule has 1 saturated heterocycles. The maximum Gasteiger partial charge on any atom is 0.393 e. The number of hydrogen-bond acceptors (Lipinski definition) is 8. The second kappa shape index (κ2) is 12.5. The molecule has 2 unspecified atom stereocenters. The number of carbonyl (C=O) groups is 1. The molecule has 2 aliphatic rings. The SMILES string of the molecule is C/C(=C(/CC(F)(F)F)c1cccc(NC2CCN(C(C)C)CC2F)c1C)c1noc(CNC(=O)c2coc(C3CC3)n2)n1. The number of oxazole rings is 1. The van der Waals surface area contributed by atoms with Gasteiger partial charge in [0.05, 0.1) is 19.0 Å². The first-order valence-electron chi connectivity index (χ1n) is 14.5. The number of benzene rings is 1. The second-order valence-corrected chi connectivity index (χ2v) is 11.6. The highest BCUT2D eigenvalue weighted by Gasteiger charge is 2.34. The van der Waals surface area contributed by atoms with Crippen molar-refractivity contribution in [2.45, 2.75) is 90.3 Å². The van der Waals surface area contributed by atoms with E-state index < -0.39 is 30.7 Å². The number of hydrogen-bond donors (Lipinski definition) is 2. The van der Waals surface area contributed by atoms with Crippen molar-refractivity contribution in [3.05, 3.63) is 58.9 Å². The third-order valence-electron chi connectivity index (χ3n) is 8.02. The van der Waals surface area contributed by atoms with E-state index in [1.54, 1.807) is 25.1 Å². The maximum atomic E-state index is 15.0. The van der Waals surface area contributed by atoms with Crippen molar-refractivity contribution < 1.29 is 31.3 Å². The fourth-order valence-corrected chi connectivity index (χ4v) is 5.28. The second-order valence-electron chi connectivity index (χ2n) is 11.6. The number of nitrogens with one attached hydrogen (secondary N) is 2. The molecule has 43 heavy (non-hydrogen) atoms. The summed E-state index contributed by atoms with van der Waals surface area (Å²) in [5, 5.41) is 9.74. The van der Waals surface area contributed by atoms with Crippen LogP contribution in [0.25, 0.3) is 11.1 Å². The Labute approximate surface area is 247 Å². The van der Waals surface area contributed by atoms with E-state index in [2.05, 4.69) is 30.7 Å². The van der Waals surface area contributed by atoms with Gasteiger partial charge in [-0.1, -0.05) is 17.3 Å². The molecule has 13 heteroatoms. The summed E-state index contributed by atoms with van der Waals surface area (Å²) in [6, 6.07) is 4.79. The average molecular weight is 605 g/mol. The van der Waals surface area contributed by atoms with Gasteiger partial charge in [-0.3, -0.25) is 9.69 Å². The number of aromatic nitrogens is 3. The standard InChI is InChI=1S/C30H36F4N6O3/c1-16(2)40-11-10-24(22(31)14-40)36-23-7-5-6-20(17(23)3)21(12-30(32,33)34)18(4)27-38-26(43-39-27)13-35-28(41)25-15-42-29(37-25)19-8-9-19/h5-7,15-16,19,22,24,36H,8-14H2,1-4H3,(H,35,41)/b21-18+. The van der Waals surface area contributed by atoms with Gasteiger partial charge in [0.15, 0.2) is 17.4 Å². The number of allylic oxidation sites excluding steroid dienone is 2. The third kappa shape index (κ3) is 7.43. The van der Waals surface area contributed by atoms with E-state index >= 15 is 4.39 Å². The van der Waals surface area contributed by atoms with Crippen LogP contribution in [0.3, 0.4) is 0 Å². The Balaban J connectivity index is 1.34. The topological polar surface area (TPSA) is 109 Å². The lowest BCUT2D eigenvalue weighted by Crippen LogP contribution is -2.50. The third-order valence-corrected chi connectivity index (χ3v) is 8.02. The predicted molar refractivity (Wildman–Crippen MR) is 152 cm³/mol. The summed E-state index contributed by atoms with van der Waals surface area (Å²) >= 11 is 0. The quantitative estimate of drug-likeness (QED) is 0.260. The summed E-state index contributed by atoms with van der Waals surface area (Å²) in [6.45, 7) is 8.15. The fraction of sp³-hybridized carbons (Fsp3) is 0.533. The van der Waals surface area contributed by atoms with Gasteiger partial charge >= 0.3 is 6.18 Å². The van der Waals surface area contributed by atoms with E-state index in [1.807, 2.05) is 13.8 Å². The van der Waals surface area contributed by atoms with Crippen LogP contribution in [-0.2, 0) is 6.54 Å². The number of likely N-dealkylation sites (tertiary alicyclic amines) is 1. The molecule has 232 valence electrons. The molecule has 0 radical (unpaired) electrons. The van der Waals surface area contributed by atoms with Gasteiger partial charge in [-0.15, -0.1) is 0 Å². The van der Waals surface area contributed by atoms with Gasteiger partial charge in [-0.25, -0.2) is 9.37 Å². The maximum absolute atomic E-state index is 15.0. The molecule has 3 heterocycles. The van der Waals surface area contributed by atoms with Gasteiger partial charge in [0.25, 0.3) is 5.91 Å². The molecule has 1 amide bonds. The van der Waals surface area contributed by atoms with Gasteiger partial charge in [0.1, 0.15) is 12.4 Å². The van der Waals surface area contributed by atoms with Gasteiger partial charge in [-0.2, -0.15) is 18.2 Å². The van der Waals surface area contributed by atoms with Crippen LogP contribution < -0.4 is 10.6 Å². The largest absolute Gasteiger partial charge is 0.448 e. The molecule has 1 aliphatic heterocycles. The Morgan fingerprint density at radius 2 is 1.95 bits per heavy atom. The molecule has 2 N–H and O–H groups in total. The monoisotopic (exact) mass is 604 g/mol. The molecule has 2 fully saturated rings. The zero-order valence-corrected chi connectivity index (χ0v) is 24.6. The first-order valence-corrected chi connectivity index (χ1v) is 14.5. The van der Waals surface area contributed by atoms with E-state index in [9.17, 15) is 18.0 Å². The van der Waals surface area contributed by atoms with Crippen LogP contribution in [0.4, 0.5) is 23.2 Å². The van der Waals surface area contributed by atoms with Crippen LogP contribution in [0.5, 0.6) is 0 Å². The van der Waals surface area contributed by atoms with Crippen molar-refractivity contribution in [3.63, 3.8) is 0 Å². The molecular formula is C30H36F4N6O3. The number of carbonyl (C=O) groups excluding carboxylic acids is 1. The molecule has 3 aromatic rings. The number of alkyl halides is 4. The summed E-state index contributed by atoms with van der Waals surface area (Å²) in [7, 11) is 0. The zero-order valence-electron chi connectivity index (χ0n) is 24.6. The van der Waals surface area contributed by atoms with Crippen LogP contribution in [-0.4, -0.2) is 63.5 Å². The summed E-state index contributed by atoms with van der Waals surface area (Å²) < 4.78 is 67.1. The lowest BCUT2D eigenvalue weighted by molar-refractivity contribution is -0.122. The summed E-state index contributed by atoms with van der Waals surface area (Å²) in [5.41, 5.74) is 1.77. The van der Waals surface area contributed by atoms with Crippen molar-refractivity contribution in [2.24, 2.45) is 0 Å². The first kappa shape index (κ1) is 30.7. The highest BCUT2D eigenvalue weighted by atomic mass is 19.4. The van der Waals surface area contributed by atoms with Crippen LogP contribution in [0.2, 0.25) is 0 Å². The highest BCUT2D eigenvalue weighted by Crippen LogP contribution is 2.40. The summed E-state index contributed by atoms with van der Waals surface area (Å²) in [6.07, 6.45) is -3.04. The molecule has 1 aliphatic carbocycles. The first-order chi connectivity index (χ1) is 20.4. The van der Waals surface area contributed by atoms with E-state index in [-0.39, 0.29) is 47.1 Å². The lowest BCUT2D eigenvalue weighted by Gasteiger charge is -2.38. The van der Waals surface area contributed by atoms with E-state index in [0.717, 1.165) is 19.4 Å². The predicted octanol–water partition coefficient (Wildman–Crippen LogP) is 6.29. The van der Waals surface area contributed by atoms with Crippen molar-refractivity contribution in [1.29, 1.82) is 0 Å². The number of anilines is 1. The van der Waals surface area contributed by atoms with Crippen LogP contribution in [0.15, 0.2) is 33.4 Å². The Hall–Kier alpha value is -3.74. The fourth-order valence-electron chi connectivity index (χ4n) is 5.28. The lowest BCUT2D eigenvalue weighted by atomic mass is 9.92. The van der Waals surface area contributed by atoms with Crippen molar-refractivity contribution in [1.82, 2.24) is 25.3 Å². The van der Waals surface area contributed by atoms with Crippen molar-refractivity contribution in [3.8, 4) is 0 Å². The summed E-state index contributed by atoms with van der Waals surface area (Å²) in [5.74, 6) is 0.284. The number of piperidine rings is 1. The minimum Gasteiger partial charge on any atom is -0.448 e. The average Bonchev–Trinajstić information content (AvgIpc) is 3.48. The van der Waals surface area contributed by atoms with E-state index in [0.29, 0.717) is 35.7 Å². The molecular weight excluding hydrogens is 568 g/mol. The smallest absolute Gasteiger partial charge is 0.393 e. The molecule has 2 atom stereocenters. The molecule has 0 spiro atoms. The zero-order chi connectivity index (χ0) is 30.9. The number of rotatable bonds is 10. The molecule has 0 bridgehead atoms. The van der Waals surface area contributed by atoms with Gasteiger partial charge in [0, 0.05) is 36.3 Å². The minimum absolute atomic E-state index is 0.0216. The van der Waals surface area contributed by atoms with E-state index in [4.69, 9.17) is 8.94 Å². The summed E-state index contributed by atoms with van der Waals surface area (Å²) in [4.78, 5) is 23.0. The molecule has 1 aromatic carbocycles. The van der Waals surface area contributed by atoms with Gasteiger partial charge in [0.2, 0.25) is 5.89 Å². The Morgan fingerprint density at radius 3 is 2.63 bits per heavy atom. The van der Waals surface area contributed by atoms with E-state index in [1.165, 1.54) is 13.2 Å². The Bertz CT molecular complexity index is 1480. The highest BCUT2D eigenvalue weighted by molar-refractivity contribution is 5.92. The number of nitrogens with zero attached hydrogens (tertiary/aromatic N) is 4. The molecule has 2 aromatic heterocycles. The van der Waals surface area contributed by atoms with Crippen LogP contribution in [0.1, 0.15) is 91.6 Å². The number of amides is 1. The molecule has 9 nitrogen and oxygen atoms in total. The van der Waals surface area contributed by atoms with Gasteiger partial charge in [-0.05, 0) is 69.7 Å².